The van der Waals surface area contributed by atoms with E-state index in [1.165, 1.54) is 50.6 Å². The first-order valence-corrected chi connectivity index (χ1v) is 21.0. The second-order valence-corrected chi connectivity index (χ2v) is 17.1. The van der Waals surface area contributed by atoms with E-state index in [9.17, 15) is 49.2 Å². The lowest BCUT2D eigenvalue weighted by molar-refractivity contribution is -0.306. The van der Waals surface area contributed by atoms with Crippen molar-refractivity contribution >= 4 is 56.7 Å². The van der Waals surface area contributed by atoms with Crippen LogP contribution in [-0.4, -0.2) is 118 Å². The molecule has 66 heavy (non-hydrogen) atoms. The van der Waals surface area contributed by atoms with Gasteiger partial charge < -0.3 is 68.3 Å². The van der Waals surface area contributed by atoms with E-state index in [1.54, 1.807) is 53.7 Å². The Kier molecular flexibility index (Phi) is 15.0. The summed E-state index contributed by atoms with van der Waals surface area (Å²) >= 11 is 0. The average Bonchev–Trinajstić information content (AvgIpc) is 3.25. The zero-order valence-electron chi connectivity index (χ0n) is 37.6. The van der Waals surface area contributed by atoms with E-state index < -0.39 is 95.0 Å². The fourth-order valence-electron chi connectivity index (χ4n) is 7.98. The van der Waals surface area contributed by atoms with Crippen LogP contribution < -0.4 is 31.4 Å². The quantitative estimate of drug-likeness (QED) is 0.0535. The largest absolute Gasteiger partial charge is 0.462 e. The molecule has 6 rings (SSSR count). The molecule has 6 N–H and O–H groups in total. The van der Waals surface area contributed by atoms with Crippen LogP contribution in [0.3, 0.4) is 0 Å². The molecule has 0 aliphatic carbocycles. The Hall–Kier alpha value is -5.84. The van der Waals surface area contributed by atoms with Gasteiger partial charge in [-0.15, -0.1) is 0 Å². The maximum absolute atomic E-state index is 12.9. The Bertz CT molecular complexity index is 2470. The van der Waals surface area contributed by atoms with E-state index in [-0.39, 0.29) is 59.7 Å². The summed E-state index contributed by atoms with van der Waals surface area (Å²) in [5.74, 6) is -3.40. The Morgan fingerprint density at radius 3 is 1.33 bits per heavy atom. The van der Waals surface area contributed by atoms with Crippen molar-refractivity contribution in [3.05, 3.63) is 80.5 Å². The van der Waals surface area contributed by atoms with E-state index in [2.05, 4.69) is 10.6 Å². The molecular formula is C46H54N2O18. The normalized spacial score (nSPS) is 24.8. The van der Waals surface area contributed by atoms with Crippen molar-refractivity contribution in [2.75, 3.05) is 24.9 Å². The maximum atomic E-state index is 12.9. The zero-order valence-corrected chi connectivity index (χ0v) is 37.6. The molecule has 356 valence electrons. The van der Waals surface area contributed by atoms with Gasteiger partial charge in [-0.3, -0.25) is 19.2 Å². The Labute approximate surface area is 377 Å². The van der Waals surface area contributed by atoms with Gasteiger partial charge in [-0.2, -0.15) is 0 Å². The van der Waals surface area contributed by atoms with Crippen LogP contribution in [0.5, 0.6) is 11.5 Å². The molecule has 2 aliphatic rings. The second kappa shape index (κ2) is 19.9. The highest BCUT2D eigenvalue weighted by atomic mass is 16.7. The molecular weight excluding hydrogens is 869 g/mol. The van der Waals surface area contributed by atoms with E-state index in [0.717, 1.165) is 0 Å². The lowest BCUT2D eigenvalue weighted by atomic mass is 9.89. The highest BCUT2D eigenvalue weighted by Gasteiger charge is 2.52. The van der Waals surface area contributed by atoms with Gasteiger partial charge in [0.1, 0.15) is 70.7 Å². The molecule has 2 saturated heterocycles. The summed E-state index contributed by atoms with van der Waals surface area (Å²) in [5.41, 5.74) is -3.53. The SMILES string of the molecule is CO[C@@H]1[C@@H](O)[C@@H](O)[C@H](Oc2ccc3cc(NC(=O)C(=O)CC/C=C/CCC(=O)C(=O)Nc4cc5ccc(O[C@@H]6OC(C)(C)[C@H](OC)[C@@H](O)[C@H]6O)c(C)c5oc4=O)c(=O)oc3c2C)OC1(C)C. The van der Waals surface area contributed by atoms with Crippen molar-refractivity contribution in [3.63, 3.8) is 0 Å². The number of Topliss-reactive ketones (excluding diaryl/α,β-unsaturated/α-hetero) is 2. The highest BCUT2D eigenvalue weighted by Crippen LogP contribution is 2.37. The summed E-state index contributed by atoms with van der Waals surface area (Å²) < 4.78 is 45.1. The zero-order chi connectivity index (χ0) is 48.4. The summed E-state index contributed by atoms with van der Waals surface area (Å²) in [6.07, 6.45) is -6.93. The number of carbonyl (C=O) groups is 4. The number of aryl methyl sites for hydroxylation is 2. The summed E-state index contributed by atoms with van der Waals surface area (Å²) in [7, 11) is 2.78. The molecule has 0 bridgehead atoms. The van der Waals surface area contributed by atoms with Gasteiger partial charge in [-0.25, -0.2) is 9.59 Å². The van der Waals surface area contributed by atoms with Gasteiger partial charge >= 0.3 is 11.3 Å². The van der Waals surface area contributed by atoms with Crippen LogP contribution in [0.15, 0.2) is 67.0 Å². The van der Waals surface area contributed by atoms with Crippen LogP contribution in [-0.2, 0) is 38.1 Å². The molecule has 0 spiro atoms. The third kappa shape index (κ3) is 10.4. The molecule has 20 nitrogen and oxygen atoms in total. The summed E-state index contributed by atoms with van der Waals surface area (Å²) in [6.45, 7) is 9.91. The van der Waals surface area contributed by atoms with E-state index >= 15 is 0 Å². The first-order valence-electron chi connectivity index (χ1n) is 21.0. The summed E-state index contributed by atoms with van der Waals surface area (Å²) in [6, 6.07) is 8.81. The highest BCUT2D eigenvalue weighted by molar-refractivity contribution is 6.41. The molecule has 0 radical (unpaired) electrons. The smallest absolute Gasteiger partial charge is 0.360 e. The molecule has 0 unspecified atom stereocenters. The number of ketones is 2. The minimum absolute atomic E-state index is 0.105. The van der Waals surface area contributed by atoms with Gasteiger partial charge in [0.2, 0.25) is 24.1 Å². The lowest BCUT2D eigenvalue weighted by Gasteiger charge is -2.46. The molecule has 4 aromatic rings. The van der Waals surface area contributed by atoms with E-state index in [1.807, 2.05) is 0 Å². The van der Waals surface area contributed by atoms with Crippen molar-refractivity contribution in [3.8, 4) is 11.5 Å². The third-order valence-corrected chi connectivity index (χ3v) is 11.5. The Balaban J connectivity index is 0.967. The number of hydrogen-bond acceptors (Lipinski definition) is 18. The number of aliphatic hydroxyl groups is 4. The molecule has 2 aromatic carbocycles. The predicted octanol–water partition coefficient (Wildman–Crippen LogP) is 2.85. The minimum Gasteiger partial charge on any atom is -0.462 e. The van der Waals surface area contributed by atoms with Crippen LogP contribution in [0.2, 0.25) is 0 Å². The fourth-order valence-corrected chi connectivity index (χ4v) is 7.98. The number of carbonyl (C=O) groups excluding carboxylic acids is 4. The number of amides is 2. The molecule has 2 aromatic heterocycles. The number of anilines is 2. The number of benzene rings is 2. The van der Waals surface area contributed by atoms with Crippen LogP contribution >= 0.6 is 0 Å². The number of allylic oxidation sites excluding steroid dienone is 2. The third-order valence-electron chi connectivity index (χ3n) is 11.5. The van der Waals surface area contributed by atoms with Gasteiger partial charge in [0.15, 0.2) is 0 Å². The number of methoxy groups -OCH3 is 2. The topological polar surface area (TPSA) is 289 Å². The van der Waals surface area contributed by atoms with Gasteiger partial charge in [-0.05, 0) is 90.8 Å². The molecule has 4 heterocycles. The standard InChI is InChI=1S/C46H54N2O18/c1-21-29(61-43-33(53)31(51)37(59-7)45(3,4)65-43)17-15-23-19-25(41(57)63-35(21)23)47-39(55)27(49)13-11-9-10-12-14-28(50)40(56)48-26-20-24-16-18-30(22(2)36(24)64-42(26)58)62-44-34(54)32(52)38(60-8)46(5,6)66-44/h9-10,15-20,31-34,37-38,43-44,51-54H,11-14H2,1-8H3,(H,47,55)(H,48,56)/b10-9+/t31-,32-,33+,34+,37+,38+,43+,44+/m0/s1. The lowest BCUT2D eigenvalue weighted by Crippen LogP contribution is -2.63. The molecule has 2 fully saturated rings. The first kappa shape index (κ1) is 49.6. The number of hydrogen-bond donors (Lipinski definition) is 6. The van der Waals surface area contributed by atoms with Gasteiger partial charge in [0.25, 0.3) is 11.8 Å². The Morgan fingerprint density at radius 2 is 0.985 bits per heavy atom. The molecule has 2 amide bonds. The number of aliphatic hydroxyl groups excluding tert-OH is 4. The fraction of sp³-hybridized carbons (Fsp3) is 0.478. The predicted molar refractivity (Wildman–Crippen MR) is 234 cm³/mol. The first-order chi connectivity index (χ1) is 31.1. The van der Waals surface area contributed by atoms with Crippen molar-refractivity contribution < 1.29 is 76.9 Å². The van der Waals surface area contributed by atoms with Crippen molar-refractivity contribution in [1.29, 1.82) is 0 Å². The number of ether oxygens (including phenoxy) is 6. The number of nitrogens with one attached hydrogen (secondary N) is 2. The molecule has 8 atom stereocenters. The number of fused-ring (bicyclic) bond motifs is 2. The van der Waals surface area contributed by atoms with Crippen molar-refractivity contribution in [1.82, 2.24) is 0 Å². The van der Waals surface area contributed by atoms with Crippen LogP contribution in [0, 0.1) is 13.8 Å². The minimum atomic E-state index is -1.46. The van der Waals surface area contributed by atoms with Gasteiger partial charge in [0.05, 0.1) is 11.2 Å². The van der Waals surface area contributed by atoms with Crippen LogP contribution in [0.25, 0.3) is 21.9 Å². The molecule has 0 saturated carbocycles. The summed E-state index contributed by atoms with van der Waals surface area (Å²) in [4.78, 5) is 76.3. The van der Waals surface area contributed by atoms with Crippen molar-refractivity contribution in [2.45, 2.75) is 128 Å². The van der Waals surface area contributed by atoms with E-state index in [4.69, 9.17) is 37.3 Å². The molecule has 2 aliphatic heterocycles. The van der Waals surface area contributed by atoms with Crippen molar-refractivity contribution in [2.24, 2.45) is 0 Å². The van der Waals surface area contributed by atoms with Crippen LogP contribution in [0.4, 0.5) is 11.4 Å². The molecule has 20 heteroatoms. The summed E-state index contributed by atoms with van der Waals surface area (Å²) in [5, 5.41) is 47.8. The maximum Gasteiger partial charge on any atom is 0.360 e. The Morgan fingerprint density at radius 1 is 0.621 bits per heavy atom. The second-order valence-electron chi connectivity index (χ2n) is 17.1. The van der Waals surface area contributed by atoms with Gasteiger partial charge in [-0.1, -0.05) is 12.2 Å². The monoisotopic (exact) mass is 922 g/mol. The average molecular weight is 923 g/mol. The van der Waals surface area contributed by atoms with E-state index in [0.29, 0.717) is 21.9 Å². The number of rotatable bonds is 16. The van der Waals surface area contributed by atoms with Crippen LogP contribution in [0.1, 0.15) is 64.5 Å². The van der Waals surface area contributed by atoms with Gasteiger partial charge in [0, 0.05) is 49.0 Å².